The maximum absolute atomic E-state index is 12.9. The molecule has 0 aliphatic carbocycles. The average Bonchev–Trinajstić information content (AvgIpc) is 2.52. The molecule has 0 atom stereocenters. The Labute approximate surface area is 125 Å². The minimum atomic E-state index is -4.60. The molecule has 2 rings (SSSR count). The molecule has 0 radical (unpaired) electrons. The van der Waals surface area contributed by atoms with E-state index in [4.69, 9.17) is 4.74 Å². The number of benzene rings is 1. The van der Waals surface area contributed by atoms with E-state index in [0.717, 1.165) is 24.5 Å². The van der Waals surface area contributed by atoms with Crippen LogP contribution in [0.2, 0.25) is 0 Å². The van der Waals surface area contributed by atoms with Gasteiger partial charge in [0, 0.05) is 18.0 Å². The summed E-state index contributed by atoms with van der Waals surface area (Å²) >= 11 is 0. The molecule has 0 aliphatic heterocycles. The van der Waals surface area contributed by atoms with Crippen LogP contribution >= 0.6 is 0 Å². The molecule has 0 unspecified atom stereocenters. The number of carbonyl (C=O) groups excluding carboxylic acids is 1. The van der Waals surface area contributed by atoms with Crippen LogP contribution in [0, 0.1) is 0 Å². The van der Waals surface area contributed by atoms with Crippen LogP contribution in [0.4, 0.5) is 13.2 Å². The monoisotopic (exact) mass is 307 g/mol. The smallest absolute Gasteiger partial charge is 0.417 e. The normalized spacial score (nSPS) is 11.6. The van der Waals surface area contributed by atoms with Crippen molar-refractivity contribution in [1.29, 1.82) is 0 Å². The third-order valence-electron chi connectivity index (χ3n) is 2.95. The SMILES string of the molecule is COc1ccccc1C=CC(=O)c1cnccc1C(F)(F)F. The molecule has 0 aliphatic rings. The summed E-state index contributed by atoms with van der Waals surface area (Å²) in [6.07, 6.45) is -0.202. The Balaban J connectivity index is 2.32. The fourth-order valence-corrected chi connectivity index (χ4v) is 1.90. The van der Waals surface area contributed by atoms with Gasteiger partial charge in [0.25, 0.3) is 0 Å². The summed E-state index contributed by atoms with van der Waals surface area (Å²) in [5.74, 6) is -0.250. The number of hydrogen-bond donors (Lipinski definition) is 0. The Kier molecular flexibility index (Phi) is 4.60. The molecule has 2 aromatic rings. The van der Waals surface area contributed by atoms with Gasteiger partial charge in [-0.15, -0.1) is 0 Å². The molecule has 0 saturated carbocycles. The number of methoxy groups -OCH3 is 1. The molecule has 1 heterocycles. The van der Waals surface area contributed by atoms with Crippen LogP contribution in [-0.4, -0.2) is 17.9 Å². The van der Waals surface area contributed by atoms with Gasteiger partial charge >= 0.3 is 6.18 Å². The molecule has 6 heteroatoms. The minimum absolute atomic E-state index is 0.485. The lowest BCUT2D eigenvalue weighted by Gasteiger charge is -2.09. The van der Waals surface area contributed by atoms with Crippen LogP contribution in [0.25, 0.3) is 6.08 Å². The first-order valence-electron chi connectivity index (χ1n) is 6.30. The van der Waals surface area contributed by atoms with E-state index in [-0.39, 0.29) is 0 Å². The predicted molar refractivity (Wildman–Crippen MR) is 75.6 cm³/mol. The summed E-state index contributed by atoms with van der Waals surface area (Å²) < 4.78 is 43.7. The Morgan fingerprint density at radius 2 is 1.95 bits per heavy atom. The first-order chi connectivity index (χ1) is 10.4. The molecule has 0 saturated heterocycles. The molecule has 0 N–H and O–H groups in total. The quantitative estimate of drug-likeness (QED) is 0.633. The predicted octanol–water partition coefficient (Wildman–Crippen LogP) is 4.01. The Morgan fingerprint density at radius 1 is 1.23 bits per heavy atom. The van der Waals surface area contributed by atoms with Crippen molar-refractivity contribution in [2.45, 2.75) is 6.18 Å². The first-order valence-corrected chi connectivity index (χ1v) is 6.30. The van der Waals surface area contributed by atoms with Crippen molar-refractivity contribution in [1.82, 2.24) is 4.98 Å². The van der Waals surface area contributed by atoms with Gasteiger partial charge in [0.05, 0.1) is 18.2 Å². The number of aromatic nitrogens is 1. The second-order valence-corrected chi connectivity index (χ2v) is 4.36. The van der Waals surface area contributed by atoms with Gasteiger partial charge in [0.1, 0.15) is 5.75 Å². The number of pyridine rings is 1. The topological polar surface area (TPSA) is 39.2 Å². The van der Waals surface area contributed by atoms with E-state index in [0.29, 0.717) is 11.3 Å². The first kappa shape index (κ1) is 15.8. The van der Waals surface area contributed by atoms with Crippen LogP contribution in [0.1, 0.15) is 21.5 Å². The Hall–Kier alpha value is -2.63. The second kappa shape index (κ2) is 6.43. The number of para-hydroxylation sites is 1. The van der Waals surface area contributed by atoms with Crippen molar-refractivity contribution < 1.29 is 22.7 Å². The van der Waals surface area contributed by atoms with Gasteiger partial charge in [0.15, 0.2) is 5.78 Å². The number of ether oxygens (including phenoxy) is 1. The highest BCUT2D eigenvalue weighted by Crippen LogP contribution is 2.31. The van der Waals surface area contributed by atoms with Crippen molar-refractivity contribution in [3.05, 3.63) is 65.5 Å². The molecule has 0 bridgehead atoms. The van der Waals surface area contributed by atoms with Crippen LogP contribution in [-0.2, 0) is 6.18 Å². The van der Waals surface area contributed by atoms with Crippen molar-refractivity contribution >= 4 is 11.9 Å². The van der Waals surface area contributed by atoms with Gasteiger partial charge < -0.3 is 4.74 Å². The summed E-state index contributed by atoms with van der Waals surface area (Å²) in [7, 11) is 1.47. The van der Waals surface area contributed by atoms with Crippen LogP contribution in [0.3, 0.4) is 0 Å². The van der Waals surface area contributed by atoms with Crippen molar-refractivity contribution in [3.8, 4) is 5.75 Å². The number of allylic oxidation sites excluding steroid dienone is 1. The van der Waals surface area contributed by atoms with Gasteiger partial charge in [0.2, 0.25) is 0 Å². The maximum atomic E-state index is 12.9. The van der Waals surface area contributed by atoms with Gasteiger partial charge in [-0.05, 0) is 24.3 Å². The van der Waals surface area contributed by atoms with E-state index in [1.807, 2.05) is 0 Å². The number of ketones is 1. The van der Waals surface area contributed by atoms with E-state index in [1.165, 1.54) is 13.2 Å². The van der Waals surface area contributed by atoms with E-state index >= 15 is 0 Å². The number of rotatable bonds is 4. The summed E-state index contributed by atoms with van der Waals surface area (Å²) in [6.45, 7) is 0. The summed E-state index contributed by atoms with van der Waals surface area (Å²) in [5.41, 5.74) is -0.894. The molecule has 0 amide bonds. The third-order valence-corrected chi connectivity index (χ3v) is 2.95. The molecule has 3 nitrogen and oxygen atoms in total. The number of halogens is 3. The molecule has 0 fully saturated rings. The average molecular weight is 307 g/mol. The lowest BCUT2D eigenvalue weighted by atomic mass is 10.0. The summed E-state index contributed by atoms with van der Waals surface area (Å²) in [6, 6.07) is 7.65. The highest BCUT2D eigenvalue weighted by molar-refractivity contribution is 6.07. The Bertz CT molecular complexity index is 709. The van der Waals surface area contributed by atoms with Crippen LogP contribution in [0.15, 0.2) is 48.8 Å². The molecular weight excluding hydrogens is 295 g/mol. The number of hydrogen-bond acceptors (Lipinski definition) is 3. The van der Waals surface area contributed by atoms with E-state index in [2.05, 4.69) is 4.98 Å². The molecule has 0 spiro atoms. The molecular formula is C16H12F3NO2. The zero-order valence-electron chi connectivity index (χ0n) is 11.6. The van der Waals surface area contributed by atoms with E-state index in [1.54, 1.807) is 24.3 Å². The van der Waals surface area contributed by atoms with Crippen LogP contribution < -0.4 is 4.74 Å². The Morgan fingerprint density at radius 3 is 2.64 bits per heavy atom. The van der Waals surface area contributed by atoms with Crippen LogP contribution in [0.5, 0.6) is 5.75 Å². The van der Waals surface area contributed by atoms with Crippen molar-refractivity contribution in [2.75, 3.05) is 7.11 Å². The number of carbonyl (C=O) groups is 1. The third kappa shape index (κ3) is 3.52. The summed E-state index contributed by atoms with van der Waals surface area (Å²) in [4.78, 5) is 15.6. The number of nitrogens with zero attached hydrogens (tertiary/aromatic N) is 1. The zero-order chi connectivity index (χ0) is 16.2. The second-order valence-electron chi connectivity index (χ2n) is 4.36. The lowest BCUT2D eigenvalue weighted by Crippen LogP contribution is -2.12. The van der Waals surface area contributed by atoms with Gasteiger partial charge in [-0.3, -0.25) is 9.78 Å². The van der Waals surface area contributed by atoms with Gasteiger partial charge in [-0.1, -0.05) is 18.2 Å². The van der Waals surface area contributed by atoms with Gasteiger partial charge in [-0.2, -0.15) is 13.2 Å². The zero-order valence-corrected chi connectivity index (χ0v) is 11.6. The largest absolute Gasteiger partial charge is 0.496 e. The lowest BCUT2D eigenvalue weighted by molar-refractivity contribution is -0.137. The highest BCUT2D eigenvalue weighted by Gasteiger charge is 2.34. The van der Waals surface area contributed by atoms with E-state index < -0.39 is 23.1 Å². The van der Waals surface area contributed by atoms with E-state index in [9.17, 15) is 18.0 Å². The van der Waals surface area contributed by atoms with Crippen molar-refractivity contribution in [2.24, 2.45) is 0 Å². The molecule has 114 valence electrons. The highest BCUT2D eigenvalue weighted by atomic mass is 19.4. The molecule has 1 aromatic heterocycles. The fourth-order valence-electron chi connectivity index (χ4n) is 1.90. The standard InChI is InChI=1S/C16H12F3NO2/c1-22-15-5-3-2-4-11(15)6-7-14(21)12-10-20-9-8-13(12)16(17,18)19/h2-10H,1H3. The molecule has 1 aromatic carbocycles. The minimum Gasteiger partial charge on any atom is -0.496 e. The maximum Gasteiger partial charge on any atom is 0.417 e. The fraction of sp³-hybridized carbons (Fsp3) is 0.125. The summed E-state index contributed by atoms with van der Waals surface area (Å²) in [5, 5.41) is 0. The molecule has 22 heavy (non-hydrogen) atoms. The van der Waals surface area contributed by atoms with Crippen molar-refractivity contribution in [3.63, 3.8) is 0 Å². The number of alkyl halides is 3. The van der Waals surface area contributed by atoms with Gasteiger partial charge in [-0.25, -0.2) is 0 Å².